The number of hydrogen-bond donors (Lipinski definition) is 3. The molecule has 0 radical (unpaired) electrons. The van der Waals surface area contributed by atoms with Crippen LogP contribution in [0.5, 0.6) is 0 Å². The molecule has 0 aromatic carbocycles. The first-order valence-electron chi connectivity index (χ1n) is 6.18. The van der Waals surface area contributed by atoms with E-state index in [0.717, 1.165) is 0 Å². The second kappa shape index (κ2) is 3.81. The summed E-state index contributed by atoms with van der Waals surface area (Å²) >= 11 is 0. The van der Waals surface area contributed by atoms with Gasteiger partial charge in [0, 0.05) is 0 Å². The topological polar surface area (TPSA) is 141 Å². The number of urea groups is 1. The van der Waals surface area contributed by atoms with E-state index in [0.29, 0.717) is 0 Å². The van der Waals surface area contributed by atoms with Crippen molar-refractivity contribution in [2.75, 3.05) is 16.4 Å². The van der Waals surface area contributed by atoms with Gasteiger partial charge in [-0.2, -0.15) is 4.98 Å². The molecule has 0 aliphatic carbocycles. The maximum atomic E-state index is 12.0. The number of nitrogens with zero attached hydrogens (tertiary/aromatic N) is 3. The van der Waals surface area contributed by atoms with Gasteiger partial charge in [0.2, 0.25) is 5.95 Å². The van der Waals surface area contributed by atoms with Crippen LogP contribution in [0.25, 0.3) is 11.2 Å². The normalized spacial score (nSPS) is 27.0. The Morgan fingerprint density at radius 2 is 2.10 bits per heavy atom. The van der Waals surface area contributed by atoms with Gasteiger partial charge in [-0.1, -0.05) is 0 Å². The number of nitrogens with one attached hydrogen (secondary N) is 3. The van der Waals surface area contributed by atoms with Crippen LogP contribution in [0.1, 0.15) is 0 Å². The molecule has 2 aliphatic heterocycles. The Labute approximate surface area is 117 Å². The third-order valence-electron chi connectivity index (χ3n) is 3.69. The van der Waals surface area contributed by atoms with Gasteiger partial charge in [0.15, 0.2) is 21.0 Å². The lowest BCUT2D eigenvalue weighted by molar-refractivity contribution is 0.250. The molecule has 4 heterocycles. The summed E-state index contributed by atoms with van der Waals surface area (Å²) in [7, 11) is -3.21. The second-order valence-corrected chi connectivity index (χ2v) is 7.21. The highest BCUT2D eigenvalue weighted by Gasteiger charge is 2.50. The number of carbonyl (C=O) groups excluding carboxylic acids is 1. The number of amides is 2. The van der Waals surface area contributed by atoms with Crippen LogP contribution in [0.15, 0.2) is 11.1 Å². The number of H-pyrrole nitrogens is 2. The van der Waals surface area contributed by atoms with Crippen molar-refractivity contribution in [3.8, 4) is 0 Å². The zero-order valence-corrected chi connectivity index (χ0v) is 11.3. The fraction of sp³-hybridized carbons (Fsp3) is 0.400. The molecule has 110 valence electrons. The molecule has 10 nitrogen and oxygen atoms in total. The lowest BCUT2D eigenvalue weighted by Gasteiger charge is -2.19. The highest BCUT2D eigenvalue weighted by molar-refractivity contribution is 7.91. The minimum absolute atomic E-state index is 0.00157. The van der Waals surface area contributed by atoms with E-state index in [1.165, 1.54) is 11.2 Å². The van der Waals surface area contributed by atoms with Gasteiger partial charge in [-0.15, -0.1) is 0 Å². The van der Waals surface area contributed by atoms with E-state index in [9.17, 15) is 18.0 Å². The van der Waals surface area contributed by atoms with Crippen molar-refractivity contribution in [3.63, 3.8) is 0 Å². The molecule has 2 atom stereocenters. The average molecular weight is 310 g/mol. The molecule has 0 saturated carbocycles. The van der Waals surface area contributed by atoms with Crippen LogP contribution < -0.4 is 15.8 Å². The molecule has 0 spiro atoms. The zero-order chi connectivity index (χ0) is 14.8. The molecule has 4 rings (SSSR count). The van der Waals surface area contributed by atoms with Gasteiger partial charge in [-0.25, -0.2) is 18.2 Å². The quantitative estimate of drug-likeness (QED) is 0.538. The van der Waals surface area contributed by atoms with Crippen LogP contribution in [-0.4, -0.2) is 58.0 Å². The molecule has 2 aromatic rings. The van der Waals surface area contributed by atoms with E-state index in [1.807, 2.05) is 0 Å². The Morgan fingerprint density at radius 3 is 2.90 bits per heavy atom. The molecule has 0 unspecified atom stereocenters. The summed E-state index contributed by atoms with van der Waals surface area (Å²) in [6.07, 6.45) is 1.32. The Balaban J connectivity index is 1.84. The highest BCUT2D eigenvalue weighted by atomic mass is 32.2. The van der Waals surface area contributed by atoms with Crippen LogP contribution in [0.4, 0.5) is 10.7 Å². The number of anilines is 1. The Morgan fingerprint density at radius 1 is 1.29 bits per heavy atom. The summed E-state index contributed by atoms with van der Waals surface area (Å²) in [6.45, 7) is 0. The number of fused-ring (bicyclic) bond motifs is 2. The van der Waals surface area contributed by atoms with Crippen LogP contribution in [0, 0.1) is 0 Å². The molecule has 2 aliphatic rings. The molecular weight excluding hydrogens is 300 g/mol. The summed E-state index contributed by atoms with van der Waals surface area (Å²) in [4.78, 5) is 38.2. The second-order valence-electron chi connectivity index (χ2n) is 5.06. The molecule has 2 amide bonds. The van der Waals surface area contributed by atoms with Gasteiger partial charge in [-0.05, 0) is 0 Å². The average Bonchev–Trinajstić information content (AvgIpc) is 3.01. The van der Waals surface area contributed by atoms with Gasteiger partial charge in [0.1, 0.15) is 0 Å². The van der Waals surface area contributed by atoms with Crippen molar-refractivity contribution in [3.05, 3.63) is 16.7 Å². The Hall–Kier alpha value is -2.43. The number of rotatable bonds is 1. The van der Waals surface area contributed by atoms with Crippen LogP contribution in [0.2, 0.25) is 0 Å². The van der Waals surface area contributed by atoms with Crippen molar-refractivity contribution in [2.45, 2.75) is 12.1 Å². The monoisotopic (exact) mass is 310 g/mol. The van der Waals surface area contributed by atoms with Crippen molar-refractivity contribution in [1.29, 1.82) is 0 Å². The van der Waals surface area contributed by atoms with Gasteiger partial charge in [-0.3, -0.25) is 14.7 Å². The Bertz CT molecular complexity index is 915. The number of hydrogen-bond acceptors (Lipinski definition) is 6. The largest absolute Gasteiger partial charge is 0.339 e. The number of aromatic nitrogens is 4. The number of carbonyl (C=O) groups is 1. The van der Waals surface area contributed by atoms with Crippen molar-refractivity contribution in [1.82, 2.24) is 25.3 Å². The van der Waals surface area contributed by atoms with E-state index < -0.39 is 33.5 Å². The maximum Gasteiger partial charge on any atom is 0.324 e. The van der Waals surface area contributed by atoms with E-state index in [-0.39, 0.29) is 28.6 Å². The van der Waals surface area contributed by atoms with Crippen molar-refractivity contribution in [2.24, 2.45) is 0 Å². The highest BCUT2D eigenvalue weighted by Crippen LogP contribution is 2.27. The standard InChI is InChI=1S/C10H10N6O4S/c17-8-6-7(12-3-11-6)14-9(15-8)16-5-2-21(19,20)1-4(5)13-10(16)18/h3-5H,1-2H2,(H,13,18)(H2,11,12,14,15,17)/t4-,5+/m1/s1. The van der Waals surface area contributed by atoms with Gasteiger partial charge >= 0.3 is 6.03 Å². The Kier molecular flexibility index (Phi) is 2.24. The molecule has 0 bridgehead atoms. The minimum Gasteiger partial charge on any atom is -0.339 e. The molecule has 3 N–H and O–H groups in total. The van der Waals surface area contributed by atoms with E-state index in [4.69, 9.17) is 0 Å². The molecule has 2 aromatic heterocycles. The summed E-state index contributed by atoms with van der Waals surface area (Å²) in [6, 6.07) is -1.53. The first kappa shape index (κ1) is 12.3. The molecule has 2 fully saturated rings. The summed E-state index contributed by atoms with van der Waals surface area (Å²) in [5.41, 5.74) is -0.0931. The summed E-state index contributed by atoms with van der Waals surface area (Å²) in [5, 5.41) is 2.60. The van der Waals surface area contributed by atoms with Crippen LogP contribution in [0.3, 0.4) is 0 Å². The lowest BCUT2D eigenvalue weighted by Crippen LogP contribution is -2.39. The third kappa shape index (κ3) is 1.73. The van der Waals surface area contributed by atoms with Gasteiger partial charge in [0.25, 0.3) is 5.56 Å². The molecule has 2 saturated heterocycles. The SMILES string of the molecule is O=C1N[C@@H]2CS(=O)(=O)C[C@@H]2N1c1nc2nc[nH]c2c(=O)[nH]1. The van der Waals surface area contributed by atoms with E-state index >= 15 is 0 Å². The third-order valence-corrected chi connectivity index (χ3v) is 5.41. The predicted molar refractivity (Wildman–Crippen MR) is 71.7 cm³/mol. The number of sulfone groups is 1. The van der Waals surface area contributed by atoms with Crippen LogP contribution in [-0.2, 0) is 9.84 Å². The van der Waals surface area contributed by atoms with Gasteiger partial charge in [0.05, 0.1) is 29.9 Å². The number of imidazole rings is 1. The number of aromatic amines is 2. The van der Waals surface area contributed by atoms with E-state index in [1.54, 1.807) is 0 Å². The smallest absolute Gasteiger partial charge is 0.324 e. The van der Waals surface area contributed by atoms with Gasteiger partial charge < -0.3 is 10.3 Å². The lowest BCUT2D eigenvalue weighted by atomic mass is 10.2. The molecule has 21 heavy (non-hydrogen) atoms. The maximum absolute atomic E-state index is 12.0. The predicted octanol–water partition coefficient (Wildman–Crippen LogP) is -1.66. The fourth-order valence-corrected chi connectivity index (χ4v) is 4.69. The minimum atomic E-state index is -3.21. The summed E-state index contributed by atoms with van der Waals surface area (Å²) < 4.78 is 23.4. The van der Waals surface area contributed by atoms with Crippen LogP contribution >= 0.6 is 0 Å². The van der Waals surface area contributed by atoms with Crippen molar-refractivity contribution >= 4 is 33.0 Å². The summed E-state index contributed by atoms with van der Waals surface area (Å²) in [5.74, 6) is -0.255. The fourth-order valence-electron chi connectivity index (χ4n) is 2.80. The molecule has 11 heteroatoms. The zero-order valence-electron chi connectivity index (χ0n) is 10.5. The molecular formula is C10H10N6O4S. The first-order valence-corrected chi connectivity index (χ1v) is 8.00. The van der Waals surface area contributed by atoms with Crippen molar-refractivity contribution < 1.29 is 13.2 Å². The first-order chi connectivity index (χ1) is 9.94. The van der Waals surface area contributed by atoms with E-state index in [2.05, 4.69) is 25.3 Å².